The molecule has 0 N–H and O–H groups in total. The van der Waals surface area contributed by atoms with Gasteiger partial charge < -0.3 is 14.4 Å². The summed E-state index contributed by atoms with van der Waals surface area (Å²) in [7, 11) is 1.60. The van der Waals surface area contributed by atoms with E-state index in [1.165, 1.54) is 11.8 Å². The molecule has 8 heteroatoms. The molecule has 1 aromatic heterocycles. The van der Waals surface area contributed by atoms with Crippen LogP contribution in [0.25, 0.3) is 10.9 Å². The maximum atomic E-state index is 13.0. The molecule has 1 amide bonds. The number of hydrogen-bond donors (Lipinski definition) is 0. The van der Waals surface area contributed by atoms with Crippen LogP contribution in [0.4, 0.5) is 0 Å². The number of ether oxygens (including phenoxy) is 2. The smallest absolute Gasteiger partial charge is 0.262 e. The number of thioether (sulfide) groups is 1. The van der Waals surface area contributed by atoms with Crippen molar-refractivity contribution in [1.29, 1.82) is 0 Å². The van der Waals surface area contributed by atoms with Crippen LogP contribution in [-0.2, 0) is 14.3 Å². The van der Waals surface area contributed by atoms with Gasteiger partial charge in [0.25, 0.3) is 5.56 Å². The quantitative estimate of drug-likeness (QED) is 0.562. The van der Waals surface area contributed by atoms with E-state index >= 15 is 0 Å². The zero-order valence-corrected chi connectivity index (χ0v) is 15.8. The molecule has 1 atom stereocenters. The highest BCUT2D eigenvalue weighted by atomic mass is 32.2. The van der Waals surface area contributed by atoms with Gasteiger partial charge in [-0.25, -0.2) is 4.98 Å². The second-order valence-corrected chi connectivity index (χ2v) is 7.12. The molecule has 0 bridgehead atoms. The Morgan fingerprint density at radius 1 is 1.35 bits per heavy atom. The monoisotopic (exact) mass is 377 g/mol. The third-order valence-electron chi connectivity index (χ3n) is 4.31. The van der Waals surface area contributed by atoms with E-state index in [0.717, 1.165) is 0 Å². The Kier molecular flexibility index (Phi) is 6.29. The van der Waals surface area contributed by atoms with Gasteiger partial charge in [0.05, 0.1) is 42.5 Å². The molecule has 3 rings (SSSR count). The zero-order valence-electron chi connectivity index (χ0n) is 15.0. The van der Waals surface area contributed by atoms with Crippen molar-refractivity contribution in [1.82, 2.24) is 14.5 Å². The molecule has 0 unspecified atom stereocenters. The fourth-order valence-electron chi connectivity index (χ4n) is 2.96. The molecular weight excluding hydrogens is 354 g/mol. The van der Waals surface area contributed by atoms with Gasteiger partial charge in [-0.2, -0.15) is 0 Å². The van der Waals surface area contributed by atoms with Gasteiger partial charge in [0, 0.05) is 20.2 Å². The van der Waals surface area contributed by atoms with Crippen molar-refractivity contribution in [3.8, 4) is 0 Å². The van der Waals surface area contributed by atoms with Crippen LogP contribution in [0, 0.1) is 0 Å². The predicted molar refractivity (Wildman–Crippen MR) is 101 cm³/mol. The van der Waals surface area contributed by atoms with Crippen molar-refractivity contribution in [3.05, 3.63) is 34.6 Å². The van der Waals surface area contributed by atoms with Crippen LogP contribution >= 0.6 is 11.8 Å². The topological polar surface area (TPSA) is 73.7 Å². The summed E-state index contributed by atoms with van der Waals surface area (Å²) in [5, 5.41) is 1.11. The van der Waals surface area contributed by atoms with Crippen LogP contribution < -0.4 is 5.56 Å². The number of carbonyl (C=O) groups is 1. The SMILES string of the molecule is COC[C@H](C)n1c(SCC(=O)N2CCOCC2)nc2ccccc2c1=O. The standard InChI is InChI=1S/C18H23N3O4S/c1-13(11-24-2)21-17(23)14-5-3-4-6-15(14)19-18(21)26-12-16(22)20-7-9-25-10-8-20/h3-6,13H,7-12H2,1-2H3/t13-/m0/s1. The second kappa shape index (κ2) is 8.66. The first-order valence-corrected chi connectivity index (χ1v) is 9.59. The molecule has 1 aromatic carbocycles. The van der Waals surface area contributed by atoms with E-state index in [1.807, 2.05) is 25.1 Å². The third-order valence-corrected chi connectivity index (χ3v) is 5.25. The first-order chi connectivity index (χ1) is 12.6. The molecule has 0 radical (unpaired) electrons. The molecule has 140 valence electrons. The fraction of sp³-hybridized carbons (Fsp3) is 0.500. The van der Waals surface area contributed by atoms with Gasteiger partial charge >= 0.3 is 0 Å². The van der Waals surface area contributed by atoms with Gasteiger partial charge in [0.15, 0.2) is 5.16 Å². The van der Waals surface area contributed by atoms with Gasteiger partial charge in [-0.1, -0.05) is 23.9 Å². The lowest BCUT2D eigenvalue weighted by atomic mass is 10.2. The number of methoxy groups -OCH3 is 1. The van der Waals surface area contributed by atoms with Gasteiger partial charge in [-0.3, -0.25) is 14.2 Å². The van der Waals surface area contributed by atoms with Crippen molar-refractivity contribution in [2.24, 2.45) is 0 Å². The number of morpholine rings is 1. The number of hydrogen-bond acceptors (Lipinski definition) is 6. The van der Waals surface area contributed by atoms with E-state index in [2.05, 4.69) is 4.98 Å². The number of fused-ring (bicyclic) bond motifs is 1. The summed E-state index contributed by atoms with van der Waals surface area (Å²) >= 11 is 1.30. The minimum atomic E-state index is -0.175. The first kappa shape index (κ1) is 18.9. The van der Waals surface area contributed by atoms with E-state index in [4.69, 9.17) is 9.47 Å². The maximum Gasteiger partial charge on any atom is 0.262 e. The molecule has 1 fully saturated rings. The number of carbonyl (C=O) groups excluding carboxylic acids is 1. The number of para-hydroxylation sites is 1. The molecule has 1 saturated heterocycles. The highest BCUT2D eigenvalue weighted by Gasteiger charge is 2.20. The van der Waals surface area contributed by atoms with Crippen molar-refractivity contribution in [2.45, 2.75) is 18.1 Å². The summed E-state index contributed by atoms with van der Waals surface area (Å²) in [6, 6.07) is 7.09. The Balaban J connectivity index is 1.88. The molecule has 2 heterocycles. The van der Waals surface area contributed by atoms with Gasteiger partial charge in [0.1, 0.15) is 0 Å². The second-order valence-electron chi connectivity index (χ2n) is 6.17. The van der Waals surface area contributed by atoms with Crippen LogP contribution in [0.1, 0.15) is 13.0 Å². The van der Waals surface area contributed by atoms with E-state index < -0.39 is 0 Å². The van der Waals surface area contributed by atoms with Crippen LogP contribution in [0.5, 0.6) is 0 Å². The van der Waals surface area contributed by atoms with E-state index in [0.29, 0.717) is 49.0 Å². The van der Waals surface area contributed by atoms with Crippen molar-refractivity contribution in [2.75, 3.05) is 45.8 Å². The van der Waals surface area contributed by atoms with Crippen LogP contribution in [0.3, 0.4) is 0 Å². The third kappa shape index (κ3) is 4.08. The fourth-order valence-corrected chi connectivity index (χ4v) is 3.96. The van der Waals surface area contributed by atoms with Gasteiger partial charge in [-0.15, -0.1) is 0 Å². The Hall–Kier alpha value is -1.90. The molecule has 0 aliphatic carbocycles. The number of aromatic nitrogens is 2. The summed E-state index contributed by atoms with van der Waals surface area (Å²) in [6.07, 6.45) is 0. The van der Waals surface area contributed by atoms with E-state index in [1.54, 1.807) is 22.6 Å². The average Bonchev–Trinajstić information content (AvgIpc) is 2.67. The summed E-state index contributed by atoms with van der Waals surface area (Å²) in [5.74, 6) is 0.274. The lowest BCUT2D eigenvalue weighted by molar-refractivity contribution is -0.132. The van der Waals surface area contributed by atoms with E-state index in [9.17, 15) is 9.59 Å². The first-order valence-electron chi connectivity index (χ1n) is 8.60. The molecule has 0 spiro atoms. The number of amides is 1. The lowest BCUT2D eigenvalue weighted by Crippen LogP contribution is -2.41. The molecule has 0 saturated carbocycles. The summed E-state index contributed by atoms with van der Waals surface area (Å²) in [6.45, 7) is 4.66. The highest BCUT2D eigenvalue weighted by molar-refractivity contribution is 7.99. The Morgan fingerprint density at radius 3 is 2.81 bits per heavy atom. The van der Waals surface area contributed by atoms with Crippen LogP contribution in [0.2, 0.25) is 0 Å². The zero-order chi connectivity index (χ0) is 18.5. The number of nitrogens with zero attached hydrogens (tertiary/aromatic N) is 3. The maximum absolute atomic E-state index is 13.0. The van der Waals surface area contributed by atoms with Crippen LogP contribution in [0.15, 0.2) is 34.2 Å². The Morgan fingerprint density at radius 2 is 2.08 bits per heavy atom. The summed E-state index contributed by atoms with van der Waals surface area (Å²) in [5.41, 5.74) is 0.529. The number of benzene rings is 1. The molecule has 26 heavy (non-hydrogen) atoms. The van der Waals surface area contributed by atoms with Crippen LogP contribution in [-0.4, -0.2) is 66.1 Å². The minimum absolute atomic E-state index is 0.0339. The molecular formula is C18H23N3O4S. The van der Waals surface area contributed by atoms with Crippen molar-refractivity contribution in [3.63, 3.8) is 0 Å². The Labute approximate surface area is 156 Å². The van der Waals surface area contributed by atoms with Crippen molar-refractivity contribution >= 4 is 28.6 Å². The average molecular weight is 377 g/mol. The number of rotatable bonds is 6. The minimum Gasteiger partial charge on any atom is -0.383 e. The summed E-state index contributed by atoms with van der Waals surface area (Å²) in [4.78, 5) is 31.8. The normalized spacial score (nSPS) is 16.0. The van der Waals surface area contributed by atoms with Crippen molar-refractivity contribution < 1.29 is 14.3 Å². The van der Waals surface area contributed by atoms with Gasteiger partial charge in [0.2, 0.25) is 5.91 Å². The highest BCUT2D eigenvalue weighted by Crippen LogP contribution is 2.21. The largest absolute Gasteiger partial charge is 0.383 e. The molecule has 1 aliphatic heterocycles. The molecule has 2 aromatic rings. The summed E-state index contributed by atoms with van der Waals surface area (Å²) < 4.78 is 12.1. The lowest BCUT2D eigenvalue weighted by Gasteiger charge is -2.27. The predicted octanol–water partition coefficient (Wildman–Crippen LogP) is 1.55. The van der Waals surface area contributed by atoms with E-state index in [-0.39, 0.29) is 23.3 Å². The molecule has 7 nitrogen and oxygen atoms in total. The van der Waals surface area contributed by atoms with Gasteiger partial charge in [-0.05, 0) is 19.1 Å². The molecule has 1 aliphatic rings. The Bertz CT molecular complexity index is 833.